The number of hydrogen-bond acceptors (Lipinski definition) is 4. The van der Waals surface area contributed by atoms with Crippen molar-refractivity contribution >= 4 is 17.4 Å². The first-order valence-electron chi connectivity index (χ1n) is 5.00. The fraction of sp³-hybridized carbons (Fsp3) is 0.167. The molecule has 2 heterocycles. The summed E-state index contributed by atoms with van der Waals surface area (Å²) in [5.41, 5.74) is 8.65. The van der Waals surface area contributed by atoms with Gasteiger partial charge in [-0.05, 0) is 25.1 Å². The molecule has 0 saturated carbocycles. The second-order valence-electron chi connectivity index (χ2n) is 3.47. The van der Waals surface area contributed by atoms with E-state index in [2.05, 4.69) is 9.97 Å². The summed E-state index contributed by atoms with van der Waals surface area (Å²) >= 11 is 1.68. The van der Waals surface area contributed by atoms with Crippen LogP contribution in [0.3, 0.4) is 0 Å². The van der Waals surface area contributed by atoms with Crippen LogP contribution in [0.4, 0.5) is 5.69 Å². The van der Waals surface area contributed by atoms with E-state index in [4.69, 9.17) is 5.73 Å². The summed E-state index contributed by atoms with van der Waals surface area (Å²) in [6.45, 7) is 2.00. The number of hydrogen-bond donors (Lipinski definition) is 1. The zero-order chi connectivity index (χ0) is 11.4. The van der Waals surface area contributed by atoms with Crippen molar-refractivity contribution < 1.29 is 0 Å². The second kappa shape index (κ2) is 4.99. The van der Waals surface area contributed by atoms with Crippen molar-refractivity contribution in [3.05, 3.63) is 48.0 Å². The molecule has 16 heavy (non-hydrogen) atoms. The van der Waals surface area contributed by atoms with Crippen molar-refractivity contribution in [2.75, 3.05) is 5.73 Å². The number of anilines is 1. The standard InChI is InChI=1S/C12H13N3S/c1-9-3-2-4-10(15-9)8-16-12-5-6-14-7-11(12)13/h2-7H,8,13H2,1H3. The minimum absolute atomic E-state index is 0.722. The molecular weight excluding hydrogens is 218 g/mol. The van der Waals surface area contributed by atoms with Gasteiger partial charge < -0.3 is 5.73 Å². The number of nitrogen functional groups attached to an aromatic ring is 1. The van der Waals surface area contributed by atoms with Gasteiger partial charge in [0.05, 0.1) is 17.6 Å². The predicted octanol–water partition coefficient (Wildman–Crippen LogP) is 2.66. The lowest BCUT2D eigenvalue weighted by atomic mass is 10.3. The highest BCUT2D eigenvalue weighted by molar-refractivity contribution is 7.98. The van der Waals surface area contributed by atoms with Crippen LogP contribution in [0.2, 0.25) is 0 Å². The molecule has 0 spiro atoms. The van der Waals surface area contributed by atoms with Gasteiger partial charge in [-0.15, -0.1) is 11.8 Å². The third kappa shape index (κ3) is 2.73. The Hall–Kier alpha value is -1.55. The number of pyridine rings is 2. The van der Waals surface area contributed by atoms with E-state index in [0.717, 1.165) is 27.7 Å². The Kier molecular flexibility index (Phi) is 3.41. The van der Waals surface area contributed by atoms with Crippen LogP contribution in [-0.2, 0) is 5.75 Å². The first-order chi connectivity index (χ1) is 7.75. The molecule has 2 aromatic heterocycles. The Morgan fingerprint density at radius 1 is 1.31 bits per heavy atom. The zero-order valence-electron chi connectivity index (χ0n) is 9.05. The Balaban J connectivity index is 2.05. The average Bonchev–Trinajstić information content (AvgIpc) is 2.28. The monoisotopic (exact) mass is 231 g/mol. The van der Waals surface area contributed by atoms with Gasteiger partial charge in [0.15, 0.2) is 0 Å². The maximum Gasteiger partial charge on any atom is 0.0638 e. The molecule has 2 rings (SSSR count). The molecule has 0 aliphatic heterocycles. The number of nitrogens with zero attached hydrogens (tertiary/aromatic N) is 2. The molecule has 0 aliphatic carbocycles. The van der Waals surface area contributed by atoms with E-state index in [9.17, 15) is 0 Å². The maximum absolute atomic E-state index is 5.81. The fourth-order valence-electron chi connectivity index (χ4n) is 1.36. The van der Waals surface area contributed by atoms with Crippen molar-refractivity contribution in [3.63, 3.8) is 0 Å². The molecule has 0 bridgehead atoms. The van der Waals surface area contributed by atoms with Crippen LogP contribution in [0.1, 0.15) is 11.4 Å². The largest absolute Gasteiger partial charge is 0.397 e. The quantitative estimate of drug-likeness (QED) is 0.825. The Labute approximate surface area is 99.1 Å². The lowest BCUT2D eigenvalue weighted by molar-refractivity contribution is 1.10. The number of thioether (sulfide) groups is 1. The van der Waals surface area contributed by atoms with Gasteiger partial charge in [-0.1, -0.05) is 6.07 Å². The van der Waals surface area contributed by atoms with Crippen molar-refractivity contribution in [2.24, 2.45) is 0 Å². The summed E-state index contributed by atoms with van der Waals surface area (Å²) in [7, 11) is 0. The Bertz CT molecular complexity index is 485. The summed E-state index contributed by atoms with van der Waals surface area (Å²) in [6, 6.07) is 7.97. The van der Waals surface area contributed by atoms with Crippen molar-refractivity contribution in [2.45, 2.75) is 17.6 Å². The molecule has 82 valence electrons. The normalized spacial score (nSPS) is 10.3. The third-order valence-electron chi connectivity index (χ3n) is 2.13. The number of aryl methyl sites for hydroxylation is 1. The highest BCUT2D eigenvalue weighted by Crippen LogP contribution is 2.26. The van der Waals surface area contributed by atoms with Crippen LogP contribution in [0, 0.1) is 6.92 Å². The number of nitrogens with two attached hydrogens (primary N) is 1. The summed E-state index contributed by atoms with van der Waals surface area (Å²) in [5.74, 6) is 0.829. The highest BCUT2D eigenvalue weighted by atomic mass is 32.2. The Morgan fingerprint density at radius 3 is 2.94 bits per heavy atom. The van der Waals surface area contributed by atoms with Gasteiger partial charge >= 0.3 is 0 Å². The van der Waals surface area contributed by atoms with Gasteiger partial charge in [0.1, 0.15) is 0 Å². The molecule has 4 heteroatoms. The SMILES string of the molecule is Cc1cccc(CSc2ccncc2N)n1. The van der Waals surface area contributed by atoms with E-state index in [1.807, 2.05) is 31.2 Å². The molecule has 0 amide bonds. The van der Waals surface area contributed by atoms with Crippen molar-refractivity contribution in [3.8, 4) is 0 Å². The predicted molar refractivity (Wildman–Crippen MR) is 67.2 cm³/mol. The Morgan fingerprint density at radius 2 is 2.19 bits per heavy atom. The summed E-state index contributed by atoms with van der Waals surface area (Å²) in [4.78, 5) is 9.45. The van der Waals surface area contributed by atoms with Crippen molar-refractivity contribution in [1.29, 1.82) is 0 Å². The van der Waals surface area contributed by atoms with Crippen LogP contribution < -0.4 is 5.73 Å². The molecule has 0 aliphatic rings. The summed E-state index contributed by atoms with van der Waals surface area (Å²) < 4.78 is 0. The van der Waals surface area contributed by atoms with Crippen LogP contribution in [0.5, 0.6) is 0 Å². The summed E-state index contributed by atoms with van der Waals surface area (Å²) in [5, 5.41) is 0. The molecule has 0 atom stereocenters. The van der Waals surface area contributed by atoms with E-state index in [1.165, 1.54) is 0 Å². The maximum atomic E-state index is 5.81. The fourth-order valence-corrected chi connectivity index (χ4v) is 2.20. The first-order valence-corrected chi connectivity index (χ1v) is 5.99. The first kappa shape index (κ1) is 11.0. The minimum Gasteiger partial charge on any atom is -0.397 e. The highest BCUT2D eigenvalue weighted by Gasteiger charge is 2.01. The molecule has 0 aromatic carbocycles. The molecule has 0 fully saturated rings. The molecule has 0 saturated heterocycles. The van der Waals surface area contributed by atoms with Gasteiger partial charge in [0.25, 0.3) is 0 Å². The lowest BCUT2D eigenvalue weighted by Crippen LogP contribution is -1.92. The molecule has 0 radical (unpaired) electrons. The van der Waals surface area contributed by atoms with Gasteiger partial charge in [-0.2, -0.15) is 0 Å². The number of rotatable bonds is 3. The zero-order valence-corrected chi connectivity index (χ0v) is 9.87. The molecule has 2 aromatic rings. The van der Waals surface area contributed by atoms with Gasteiger partial charge in [-0.3, -0.25) is 9.97 Å². The van der Waals surface area contributed by atoms with Crippen LogP contribution >= 0.6 is 11.8 Å². The van der Waals surface area contributed by atoms with E-state index in [-0.39, 0.29) is 0 Å². The number of aromatic nitrogens is 2. The third-order valence-corrected chi connectivity index (χ3v) is 3.25. The second-order valence-corrected chi connectivity index (χ2v) is 4.49. The topological polar surface area (TPSA) is 51.8 Å². The van der Waals surface area contributed by atoms with E-state index >= 15 is 0 Å². The lowest BCUT2D eigenvalue weighted by Gasteiger charge is -2.04. The van der Waals surface area contributed by atoms with E-state index in [0.29, 0.717) is 0 Å². The average molecular weight is 231 g/mol. The molecule has 3 nitrogen and oxygen atoms in total. The van der Waals surface area contributed by atoms with Gasteiger partial charge in [-0.25, -0.2) is 0 Å². The molecule has 0 unspecified atom stereocenters. The molecule has 2 N–H and O–H groups in total. The van der Waals surface area contributed by atoms with Gasteiger partial charge in [0, 0.05) is 22.5 Å². The van der Waals surface area contributed by atoms with Crippen LogP contribution in [-0.4, -0.2) is 9.97 Å². The molecular formula is C12H13N3S. The smallest absolute Gasteiger partial charge is 0.0638 e. The van der Waals surface area contributed by atoms with Crippen LogP contribution in [0.15, 0.2) is 41.6 Å². The van der Waals surface area contributed by atoms with E-state index < -0.39 is 0 Å². The van der Waals surface area contributed by atoms with Crippen molar-refractivity contribution in [1.82, 2.24) is 9.97 Å². The minimum atomic E-state index is 0.722. The summed E-state index contributed by atoms with van der Waals surface area (Å²) in [6.07, 6.45) is 3.42. The van der Waals surface area contributed by atoms with E-state index in [1.54, 1.807) is 24.2 Å². The van der Waals surface area contributed by atoms with Gasteiger partial charge in [0.2, 0.25) is 0 Å². The van der Waals surface area contributed by atoms with Crippen LogP contribution in [0.25, 0.3) is 0 Å².